The summed E-state index contributed by atoms with van der Waals surface area (Å²) in [5.41, 5.74) is 7.61. The zero-order chi connectivity index (χ0) is 13.1. The van der Waals surface area contributed by atoms with Crippen molar-refractivity contribution in [3.05, 3.63) is 23.4 Å². The van der Waals surface area contributed by atoms with E-state index in [1.54, 1.807) is 0 Å². The summed E-state index contributed by atoms with van der Waals surface area (Å²) in [5, 5.41) is 0. The van der Waals surface area contributed by atoms with Crippen molar-refractivity contribution in [2.24, 2.45) is 11.7 Å². The van der Waals surface area contributed by atoms with Crippen molar-refractivity contribution in [2.45, 2.75) is 33.1 Å². The number of anilines is 1. The molecule has 3 nitrogen and oxygen atoms in total. The van der Waals surface area contributed by atoms with Crippen LogP contribution < -0.4 is 10.6 Å². The summed E-state index contributed by atoms with van der Waals surface area (Å²) < 4.78 is 0. The second kappa shape index (κ2) is 5.65. The fourth-order valence-electron chi connectivity index (χ4n) is 2.33. The number of nitrogens with zero attached hydrogens (tertiary/aromatic N) is 2. The van der Waals surface area contributed by atoms with Gasteiger partial charge in [-0.25, -0.2) is 4.98 Å². The molecule has 0 aliphatic heterocycles. The summed E-state index contributed by atoms with van der Waals surface area (Å²) in [6.07, 6.45) is 4.08. The average Bonchev–Trinajstić information content (AvgIpc) is 2.27. The van der Waals surface area contributed by atoms with E-state index in [9.17, 15) is 0 Å². The molecule has 0 aromatic carbocycles. The standard InChI is InChI=1S/C14H21N3S/c1-3-17(9-11-5-4-6-11)13-8-12(14(15)18)7-10(2)16-13/h7-8,11H,3-6,9H2,1-2H3,(H2,15,18). The van der Waals surface area contributed by atoms with E-state index in [1.165, 1.54) is 19.3 Å². The molecule has 0 radical (unpaired) electrons. The van der Waals surface area contributed by atoms with Gasteiger partial charge in [0.15, 0.2) is 0 Å². The largest absolute Gasteiger partial charge is 0.389 e. The van der Waals surface area contributed by atoms with Crippen LogP contribution in [0.15, 0.2) is 12.1 Å². The first-order valence-electron chi connectivity index (χ1n) is 6.63. The Morgan fingerprint density at radius 2 is 2.22 bits per heavy atom. The van der Waals surface area contributed by atoms with Crippen LogP contribution in [0.1, 0.15) is 37.4 Å². The predicted molar refractivity (Wildman–Crippen MR) is 80.1 cm³/mol. The van der Waals surface area contributed by atoms with Gasteiger partial charge in [-0.3, -0.25) is 0 Å². The minimum Gasteiger partial charge on any atom is -0.389 e. The number of hydrogen-bond donors (Lipinski definition) is 1. The summed E-state index contributed by atoms with van der Waals surface area (Å²) in [4.78, 5) is 7.39. The van der Waals surface area contributed by atoms with Gasteiger partial charge in [-0.15, -0.1) is 0 Å². The van der Waals surface area contributed by atoms with Gasteiger partial charge in [-0.2, -0.15) is 0 Å². The number of rotatable bonds is 5. The molecule has 1 fully saturated rings. The Bertz CT molecular complexity index is 441. The minimum atomic E-state index is 0.446. The Labute approximate surface area is 114 Å². The van der Waals surface area contributed by atoms with Crippen molar-refractivity contribution in [1.29, 1.82) is 0 Å². The maximum atomic E-state index is 5.72. The topological polar surface area (TPSA) is 42.1 Å². The smallest absolute Gasteiger partial charge is 0.129 e. The third kappa shape index (κ3) is 2.99. The molecular formula is C14H21N3S. The molecule has 2 rings (SSSR count). The van der Waals surface area contributed by atoms with Crippen molar-refractivity contribution in [1.82, 2.24) is 4.98 Å². The summed E-state index contributed by atoms with van der Waals surface area (Å²) >= 11 is 5.06. The van der Waals surface area contributed by atoms with Gasteiger partial charge < -0.3 is 10.6 Å². The van der Waals surface area contributed by atoms with Gasteiger partial charge in [0.25, 0.3) is 0 Å². The van der Waals surface area contributed by atoms with E-state index >= 15 is 0 Å². The molecule has 1 aliphatic carbocycles. The van der Waals surface area contributed by atoms with Crippen LogP contribution in [-0.2, 0) is 0 Å². The van der Waals surface area contributed by atoms with E-state index in [2.05, 4.69) is 16.8 Å². The Kier molecular flexibility index (Phi) is 4.17. The van der Waals surface area contributed by atoms with Gasteiger partial charge in [-0.05, 0) is 44.7 Å². The molecule has 0 amide bonds. The lowest BCUT2D eigenvalue weighted by Crippen LogP contribution is -2.33. The number of aryl methyl sites for hydroxylation is 1. The van der Waals surface area contributed by atoms with E-state index < -0.39 is 0 Å². The highest BCUT2D eigenvalue weighted by molar-refractivity contribution is 7.80. The molecule has 1 aliphatic rings. The van der Waals surface area contributed by atoms with Crippen LogP contribution in [-0.4, -0.2) is 23.1 Å². The summed E-state index contributed by atoms with van der Waals surface area (Å²) in [7, 11) is 0. The molecule has 2 N–H and O–H groups in total. The van der Waals surface area contributed by atoms with E-state index in [-0.39, 0.29) is 0 Å². The Hall–Kier alpha value is -1.16. The minimum absolute atomic E-state index is 0.446. The van der Waals surface area contributed by atoms with Crippen LogP contribution in [0.25, 0.3) is 0 Å². The second-order valence-electron chi connectivity index (χ2n) is 5.06. The van der Waals surface area contributed by atoms with Crippen LogP contribution in [0, 0.1) is 12.8 Å². The molecule has 0 atom stereocenters. The van der Waals surface area contributed by atoms with E-state index in [0.29, 0.717) is 4.99 Å². The highest BCUT2D eigenvalue weighted by Crippen LogP contribution is 2.28. The maximum Gasteiger partial charge on any atom is 0.129 e. The van der Waals surface area contributed by atoms with Crippen molar-refractivity contribution in [3.8, 4) is 0 Å². The first-order chi connectivity index (χ1) is 8.60. The Morgan fingerprint density at radius 1 is 1.50 bits per heavy atom. The Morgan fingerprint density at radius 3 is 2.72 bits per heavy atom. The lowest BCUT2D eigenvalue weighted by atomic mass is 9.85. The zero-order valence-corrected chi connectivity index (χ0v) is 12.0. The van der Waals surface area contributed by atoms with Gasteiger partial charge in [-0.1, -0.05) is 18.6 Å². The summed E-state index contributed by atoms with van der Waals surface area (Å²) in [6.45, 7) is 6.24. The van der Waals surface area contributed by atoms with E-state index in [1.807, 2.05) is 19.1 Å². The Balaban J connectivity index is 2.20. The molecule has 98 valence electrons. The molecule has 0 bridgehead atoms. The third-order valence-electron chi connectivity index (χ3n) is 3.63. The van der Waals surface area contributed by atoms with Crippen molar-refractivity contribution in [2.75, 3.05) is 18.0 Å². The predicted octanol–water partition coefficient (Wildman–Crippen LogP) is 2.65. The third-order valence-corrected chi connectivity index (χ3v) is 3.87. The number of thiocarbonyl (C=S) groups is 1. The van der Waals surface area contributed by atoms with Crippen LogP contribution in [0.2, 0.25) is 0 Å². The van der Waals surface area contributed by atoms with Crippen LogP contribution >= 0.6 is 12.2 Å². The van der Waals surface area contributed by atoms with Crippen molar-refractivity contribution in [3.63, 3.8) is 0 Å². The number of nitrogens with two attached hydrogens (primary N) is 1. The summed E-state index contributed by atoms with van der Waals surface area (Å²) in [5.74, 6) is 1.84. The van der Waals surface area contributed by atoms with Gasteiger partial charge in [0.2, 0.25) is 0 Å². The highest BCUT2D eigenvalue weighted by Gasteiger charge is 2.21. The molecule has 1 aromatic heterocycles. The average molecular weight is 263 g/mol. The summed E-state index contributed by atoms with van der Waals surface area (Å²) in [6, 6.07) is 3.96. The lowest BCUT2D eigenvalue weighted by molar-refractivity contribution is 0.318. The molecule has 1 saturated carbocycles. The fourth-order valence-corrected chi connectivity index (χ4v) is 2.44. The SMILES string of the molecule is CCN(CC1CCC1)c1cc(C(N)=S)cc(C)n1. The highest BCUT2D eigenvalue weighted by atomic mass is 32.1. The van der Waals surface area contributed by atoms with Crippen LogP contribution in [0.4, 0.5) is 5.82 Å². The van der Waals surface area contributed by atoms with Gasteiger partial charge in [0, 0.05) is 24.3 Å². The second-order valence-corrected chi connectivity index (χ2v) is 5.50. The van der Waals surface area contributed by atoms with Gasteiger partial charge in [0.1, 0.15) is 10.8 Å². The quantitative estimate of drug-likeness (QED) is 0.829. The van der Waals surface area contributed by atoms with Crippen molar-refractivity contribution >= 4 is 23.0 Å². The fraction of sp³-hybridized carbons (Fsp3) is 0.571. The number of pyridine rings is 1. The normalized spacial score (nSPS) is 15.2. The maximum absolute atomic E-state index is 5.72. The van der Waals surface area contributed by atoms with Gasteiger partial charge >= 0.3 is 0 Å². The van der Waals surface area contributed by atoms with Crippen LogP contribution in [0.3, 0.4) is 0 Å². The monoisotopic (exact) mass is 263 g/mol. The van der Waals surface area contributed by atoms with E-state index in [4.69, 9.17) is 18.0 Å². The molecule has 0 spiro atoms. The van der Waals surface area contributed by atoms with Crippen LogP contribution in [0.5, 0.6) is 0 Å². The zero-order valence-electron chi connectivity index (χ0n) is 11.1. The molecule has 4 heteroatoms. The first kappa shape index (κ1) is 13.3. The van der Waals surface area contributed by atoms with Gasteiger partial charge in [0.05, 0.1) is 0 Å². The number of aromatic nitrogens is 1. The molecule has 1 aromatic rings. The van der Waals surface area contributed by atoms with E-state index in [0.717, 1.165) is 36.1 Å². The lowest BCUT2D eigenvalue weighted by Gasteiger charge is -2.32. The molecule has 0 unspecified atom stereocenters. The molecule has 0 saturated heterocycles. The first-order valence-corrected chi connectivity index (χ1v) is 7.04. The molecular weight excluding hydrogens is 242 g/mol. The molecule has 18 heavy (non-hydrogen) atoms. The number of hydrogen-bond acceptors (Lipinski definition) is 3. The van der Waals surface area contributed by atoms with Crippen molar-refractivity contribution < 1.29 is 0 Å². The molecule has 1 heterocycles.